The van der Waals surface area contributed by atoms with Crippen molar-refractivity contribution in [3.8, 4) is 11.4 Å². The fourth-order valence-corrected chi connectivity index (χ4v) is 2.19. The van der Waals surface area contributed by atoms with Gasteiger partial charge in [0, 0.05) is 17.2 Å². The maximum atomic E-state index is 11.3. The van der Waals surface area contributed by atoms with Crippen molar-refractivity contribution in [2.45, 2.75) is 12.2 Å². The summed E-state index contributed by atoms with van der Waals surface area (Å²) in [6.45, 7) is 1.53. The zero-order valence-corrected chi connectivity index (χ0v) is 10.4. The Balaban J connectivity index is 2.34. The smallest absolute Gasteiger partial charge is 0.244 e. The Morgan fingerprint density at radius 1 is 1.50 bits per heavy atom. The zero-order valence-electron chi connectivity index (χ0n) is 8.75. The average molecular weight is 258 g/mol. The summed E-state index contributed by atoms with van der Waals surface area (Å²) in [7, 11) is -3.21. The van der Waals surface area contributed by atoms with E-state index >= 15 is 0 Å². The first-order valence-electron chi connectivity index (χ1n) is 4.53. The van der Waals surface area contributed by atoms with Crippen molar-refractivity contribution >= 4 is 21.2 Å². The Morgan fingerprint density at radius 3 is 2.81 bits per heavy atom. The topological polar surface area (TPSA) is 73.1 Å². The molecule has 1 unspecified atom stereocenters. The predicted molar refractivity (Wildman–Crippen MR) is 60.9 cm³/mol. The molecule has 0 aliphatic carbocycles. The summed E-state index contributed by atoms with van der Waals surface area (Å²) in [6.07, 6.45) is 1.14. The van der Waals surface area contributed by atoms with Gasteiger partial charge in [0.15, 0.2) is 9.84 Å². The van der Waals surface area contributed by atoms with Gasteiger partial charge in [0.25, 0.3) is 0 Å². The molecule has 0 spiro atoms. The molecular weight excluding hydrogens is 248 g/mol. The lowest BCUT2D eigenvalue weighted by atomic mass is 10.3. The molecule has 0 radical (unpaired) electrons. The Hall–Kier alpha value is -1.21. The van der Waals surface area contributed by atoms with Crippen molar-refractivity contribution in [2.24, 2.45) is 0 Å². The molecule has 86 valence electrons. The minimum absolute atomic E-state index is 0.128. The molecule has 16 heavy (non-hydrogen) atoms. The third kappa shape index (κ3) is 2.14. The standard InChI is InChI=1S/C9H10N2O3S2/c1-6(16(2,12)13)9-10-8(11-14-9)7-3-4-15-5-7/h3-6H,1-2H3. The lowest BCUT2D eigenvalue weighted by Crippen LogP contribution is -2.07. The summed E-state index contributed by atoms with van der Waals surface area (Å²) >= 11 is 1.52. The van der Waals surface area contributed by atoms with E-state index in [1.165, 1.54) is 18.3 Å². The van der Waals surface area contributed by atoms with E-state index in [4.69, 9.17) is 4.52 Å². The first kappa shape index (κ1) is 11.3. The maximum Gasteiger partial charge on any atom is 0.244 e. The molecule has 1 atom stereocenters. The SMILES string of the molecule is CC(c1nc(-c2ccsc2)no1)S(C)(=O)=O. The number of hydrogen-bond donors (Lipinski definition) is 0. The van der Waals surface area contributed by atoms with Gasteiger partial charge in [0.2, 0.25) is 11.7 Å². The fraction of sp³-hybridized carbons (Fsp3) is 0.333. The van der Waals surface area contributed by atoms with Gasteiger partial charge < -0.3 is 4.52 Å². The summed E-state index contributed by atoms with van der Waals surface area (Å²) in [5.74, 6) is 0.551. The molecule has 0 fully saturated rings. The van der Waals surface area contributed by atoms with E-state index < -0.39 is 15.1 Å². The van der Waals surface area contributed by atoms with E-state index in [1.807, 2.05) is 16.8 Å². The van der Waals surface area contributed by atoms with Gasteiger partial charge in [0.05, 0.1) is 0 Å². The van der Waals surface area contributed by atoms with E-state index in [0.717, 1.165) is 11.8 Å². The quantitative estimate of drug-likeness (QED) is 0.840. The molecule has 0 bridgehead atoms. The summed E-state index contributed by atoms with van der Waals surface area (Å²) in [4.78, 5) is 4.07. The molecule has 0 N–H and O–H groups in total. The molecule has 7 heteroatoms. The Kier molecular flexibility index (Phi) is 2.81. The van der Waals surface area contributed by atoms with Gasteiger partial charge in [-0.05, 0) is 18.4 Å². The molecule has 0 aliphatic rings. The zero-order chi connectivity index (χ0) is 11.8. The largest absolute Gasteiger partial charge is 0.338 e. The fourth-order valence-electron chi connectivity index (χ4n) is 1.09. The van der Waals surface area contributed by atoms with Gasteiger partial charge in [-0.2, -0.15) is 16.3 Å². The monoisotopic (exact) mass is 258 g/mol. The Morgan fingerprint density at radius 2 is 2.25 bits per heavy atom. The van der Waals surface area contributed by atoms with Crippen LogP contribution in [0.2, 0.25) is 0 Å². The number of aromatic nitrogens is 2. The van der Waals surface area contributed by atoms with E-state index in [-0.39, 0.29) is 5.89 Å². The molecule has 0 amide bonds. The highest BCUT2D eigenvalue weighted by molar-refractivity contribution is 7.90. The van der Waals surface area contributed by atoms with Gasteiger partial charge in [-0.1, -0.05) is 5.16 Å². The van der Waals surface area contributed by atoms with Crippen LogP contribution in [-0.4, -0.2) is 24.8 Å². The maximum absolute atomic E-state index is 11.3. The minimum atomic E-state index is -3.21. The van der Waals surface area contributed by atoms with Crippen molar-refractivity contribution in [2.75, 3.05) is 6.26 Å². The van der Waals surface area contributed by atoms with Crippen molar-refractivity contribution in [1.29, 1.82) is 0 Å². The molecule has 0 saturated heterocycles. The van der Waals surface area contributed by atoms with E-state index in [1.54, 1.807) is 0 Å². The van der Waals surface area contributed by atoms with Gasteiger partial charge in [-0.25, -0.2) is 8.42 Å². The molecule has 2 heterocycles. The van der Waals surface area contributed by atoms with Crippen LogP contribution in [0.3, 0.4) is 0 Å². The molecule has 2 aromatic rings. The second-order valence-corrected chi connectivity index (χ2v) is 6.59. The van der Waals surface area contributed by atoms with Crippen LogP contribution in [0.25, 0.3) is 11.4 Å². The molecule has 5 nitrogen and oxygen atoms in total. The van der Waals surface area contributed by atoms with Crippen molar-refractivity contribution in [3.63, 3.8) is 0 Å². The van der Waals surface area contributed by atoms with Crippen LogP contribution in [0.4, 0.5) is 0 Å². The molecule has 0 aliphatic heterocycles. The third-order valence-electron chi connectivity index (χ3n) is 2.21. The Labute approximate surface area is 97.0 Å². The lowest BCUT2D eigenvalue weighted by molar-refractivity contribution is 0.377. The second kappa shape index (κ2) is 3.99. The van der Waals surface area contributed by atoms with E-state index in [9.17, 15) is 8.42 Å². The van der Waals surface area contributed by atoms with Crippen LogP contribution in [0, 0.1) is 0 Å². The Bertz CT molecular complexity index is 572. The number of hydrogen-bond acceptors (Lipinski definition) is 6. The first-order valence-corrected chi connectivity index (χ1v) is 7.43. The van der Waals surface area contributed by atoms with Gasteiger partial charge >= 0.3 is 0 Å². The number of rotatable bonds is 3. The molecule has 2 rings (SSSR count). The third-order valence-corrected chi connectivity index (χ3v) is 4.38. The van der Waals surface area contributed by atoms with Crippen molar-refractivity contribution < 1.29 is 12.9 Å². The van der Waals surface area contributed by atoms with E-state index in [0.29, 0.717) is 5.82 Å². The van der Waals surface area contributed by atoms with Gasteiger partial charge in [-0.15, -0.1) is 0 Å². The van der Waals surface area contributed by atoms with Crippen LogP contribution in [-0.2, 0) is 9.84 Å². The van der Waals surface area contributed by atoms with Crippen LogP contribution in [0.1, 0.15) is 18.1 Å². The number of thiophene rings is 1. The second-order valence-electron chi connectivity index (χ2n) is 3.44. The number of sulfone groups is 1. The summed E-state index contributed by atoms with van der Waals surface area (Å²) in [5, 5.41) is 6.75. The highest BCUT2D eigenvalue weighted by atomic mass is 32.2. The van der Waals surface area contributed by atoms with Gasteiger partial charge in [0.1, 0.15) is 5.25 Å². The van der Waals surface area contributed by atoms with Crippen LogP contribution < -0.4 is 0 Å². The predicted octanol–water partition coefficient (Wildman–Crippen LogP) is 1.90. The van der Waals surface area contributed by atoms with Crippen LogP contribution in [0.15, 0.2) is 21.3 Å². The highest BCUT2D eigenvalue weighted by Crippen LogP contribution is 2.23. The number of nitrogens with zero attached hydrogens (tertiary/aromatic N) is 2. The molecule has 0 aromatic carbocycles. The lowest BCUT2D eigenvalue weighted by Gasteiger charge is -2.01. The first-order chi connectivity index (χ1) is 7.48. The average Bonchev–Trinajstić information content (AvgIpc) is 2.85. The summed E-state index contributed by atoms with van der Waals surface area (Å²) < 4.78 is 27.5. The highest BCUT2D eigenvalue weighted by Gasteiger charge is 2.24. The van der Waals surface area contributed by atoms with Crippen LogP contribution in [0.5, 0.6) is 0 Å². The summed E-state index contributed by atoms with van der Waals surface area (Å²) in [6, 6.07) is 1.85. The van der Waals surface area contributed by atoms with Crippen molar-refractivity contribution in [1.82, 2.24) is 10.1 Å². The molecule has 0 saturated carbocycles. The van der Waals surface area contributed by atoms with Gasteiger partial charge in [-0.3, -0.25) is 0 Å². The van der Waals surface area contributed by atoms with E-state index in [2.05, 4.69) is 10.1 Å². The normalized spacial score (nSPS) is 13.9. The molecular formula is C9H10N2O3S2. The van der Waals surface area contributed by atoms with Crippen molar-refractivity contribution in [3.05, 3.63) is 22.7 Å². The summed E-state index contributed by atoms with van der Waals surface area (Å²) in [5.41, 5.74) is 0.834. The molecule has 2 aromatic heterocycles. The minimum Gasteiger partial charge on any atom is -0.338 e. The van der Waals surface area contributed by atoms with Crippen LogP contribution >= 0.6 is 11.3 Å².